The molecule has 0 fully saturated rings. The number of rotatable bonds is 6. The molecule has 0 saturated heterocycles. The van der Waals surface area contributed by atoms with E-state index in [4.69, 9.17) is 0 Å². The summed E-state index contributed by atoms with van der Waals surface area (Å²) in [5.41, 5.74) is -2.29. The Balaban J connectivity index is 1.60. The van der Waals surface area contributed by atoms with E-state index in [9.17, 15) is 31.4 Å². The molecular formula is C23H16F6N2O2S. The molecule has 0 radical (unpaired) electrons. The molecule has 178 valence electrons. The fraction of sp³-hybridized carbons (Fsp3) is 0.174. The first-order valence-corrected chi connectivity index (χ1v) is 10.8. The van der Waals surface area contributed by atoms with E-state index < -0.39 is 29.6 Å². The zero-order valence-electron chi connectivity index (χ0n) is 17.1. The van der Waals surface area contributed by atoms with E-state index in [1.165, 1.54) is 36.5 Å². The Kier molecular flexibility index (Phi) is 6.26. The van der Waals surface area contributed by atoms with Gasteiger partial charge in [-0.25, -0.2) is 4.68 Å². The maximum absolute atomic E-state index is 14.0. The van der Waals surface area contributed by atoms with Crippen LogP contribution >= 0.6 is 11.8 Å². The summed E-state index contributed by atoms with van der Waals surface area (Å²) in [6, 6.07) is 17.3. The van der Waals surface area contributed by atoms with Gasteiger partial charge in [0, 0.05) is 16.0 Å². The number of thioether (sulfide) groups is 1. The summed E-state index contributed by atoms with van der Waals surface area (Å²) in [6.07, 6.45) is -8.48. The predicted molar refractivity (Wildman–Crippen MR) is 115 cm³/mol. The summed E-state index contributed by atoms with van der Waals surface area (Å²) >= 11 is 0.656. The Bertz CT molecular complexity index is 1270. The van der Waals surface area contributed by atoms with Crippen molar-refractivity contribution in [1.29, 1.82) is 0 Å². The Hall–Kier alpha value is -3.18. The normalized spacial score (nSPS) is 14.2. The Morgan fingerprint density at radius 1 is 0.882 bits per heavy atom. The molecule has 34 heavy (non-hydrogen) atoms. The number of halogens is 6. The Labute approximate surface area is 193 Å². The lowest BCUT2D eigenvalue weighted by molar-refractivity contribution is -0.274. The van der Waals surface area contributed by atoms with Crippen molar-refractivity contribution in [2.75, 3.05) is 5.75 Å². The topological polar surface area (TPSA) is 47.3 Å². The van der Waals surface area contributed by atoms with Crippen LogP contribution in [0.4, 0.5) is 26.3 Å². The summed E-state index contributed by atoms with van der Waals surface area (Å²) in [4.78, 5) is 0.232. The SMILES string of the molecule is OC(CSc1ccc(OC(F)(F)F)cc1)(c1ccc2c(cnn2-c2ccccc2)c1)C(F)(F)F. The summed E-state index contributed by atoms with van der Waals surface area (Å²) in [6.45, 7) is 0. The fourth-order valence-electron chi connectivity index (χ4n) is 3.32. The van der Waals surface area contributed by atoms with E-state index in [1.54, 1.807) is 28.9 Å². The molecule has 0 saturated carbocycles. The monoisotopic (exact) mass is 498 g/mol. The van der Waals surface area contributed by atoms with Crippen LogP contribution < -0.4 is 4.74 Å². The van der Waals surface area contributed by atoms with Crippen LogP contribution in [0.15, 0.2) is 83.9 Å². The van der Waals surface area contributed by atoms with Crippen molar-refractivity contribution >= 4 is 22.7 Å². The number of benzene rings is 3. The lowest BCUT2D eigenvalue weighted by atomic mass is 9.94. The minimum absolute atomic E-state index is 0.232. The third-order valence-corrected chi connectivity index (χ3v) is 6.19. The number of hydrogen-bond donors (Lipinski definition) is 1. The van der Waals surface area contributed by atoms with Crippen LogP contribution in [0.2, 0.25) is 0 Å². The molecule has 1 unspecified atom stereocenters. The summed E-state index contributed by atoms with van der Waals surface area (Å²) in [5.74, 6) is -1.31. The fourth-order valence-corrected chi connectivity index (χ4v) is 4.35. The van der Waals surface area contributed by atoms with Crippen molar-refractivity contribution in [2.24, 2.45) is 0 Å². The molecule has 4 rings (SSSR count). The molecule has 0 aliphatic rings. The van der Waals surface area contributed by atoms with Gasteiger partial charge in [0.25, 0.3) is 0 Å². The molecule has 1 aromatic heterocycles. The number of para-hydroxylation sites is 1. The maximum atomic E-state index is 14.0. The second-order valence-electron chi connectivity index (χ2n) is 7.33. The standard InChI is InChI=1S/C23H16F6N2O2S/c24-22(25,26)21(32,14-34-19-9-7-18(8-10-19)33-23(27,28)29)16-6-11-20-15(12-16)13-30-31(20)17-4-2-1-3-5-17/h1-13,32H,14H2. The van der Waals surface area contributed by atoms with Gasteiger partial charge >= 0.3 is 12.5 Å². The van der Waals surface area contributed by atoms with Gasteiger partial charge in [-0.15, -0.1) is 24.9 Å². The zero-order chi connectivity index (χ0) is 24.6. The molecule has 0 aliphatic heterocycles. The first-order valence-electron chi connectivity index (χ1n) is 9.78. The van der Waals surface area contributed by atoms with Gasteiger partial charge in [0.05, 0.1) is 17.4 Å². The molecule has 1 heterocycles. The molecule has 4 nitrogen and oxygen atoms in total. The molecule has 1 atom stereocenters. The highest BCUT2D eigenvalue weighted by atomic mass is 32.2. The number of hydrogen-bond acceptors (Lipinski definition) is 4. The molecule has 1 N–H and O–H groups in total. The smallest absolute Gasteiger partial charge is 0.406 e. The molecular weight excluding hydrogens is 482 g/mol. The molecule has 11 heteroatoms. The molecule has 3 aromatic carbocycles. The quantitative estimate of drug-likeness (QED) is 0.245. The average Bonchev–Trinajstić information content (AvgIpc) is 3.20. The van der Waals surface area contributed by atoms with Crippen LogP contribution in [0.25, 0.3) is 16.6 Å². The summed E-state index contributed by atoms with van der Waals surface area (Å²) in [7, 11) is 0. The third-order valence-electron chi connectivity index (χ3n) is 5.02. The molecule has 0 aliphatic carbocycles. The van der Waals surface area contributed by atoms with Crippen LogP contribution in [0.1, 0.15) is 5.56 Å². The van der Waals surface area contributed by atoms with Crippen LogP contribution in [-0.2, 0) is 5.60 Å². The highest BCUT2D eigenvalue weighted by Crippen LogP contribution is 2.43. The lowest BCUT2D eigenvalue weighted by Crippen LogP contribution is -2.44. The second-order valence-corrected chi connectivity index (χ2v) is 8.38. The molecule has 4 aromatic rings. The number of ether oxygens (including phenoxy) is 1. The van der Waals surface area contributed by atoms with Gasteiger partial charge in [0.2, 0.25) is 0 Å². The average molecular weight is 498 g/mol. The number of aliphatic hydroxyl groups is 1. The Morgan fingerprint density at radius 3 is 2.18 bits per heavy atom. The molecule has 0 bridgehead atoms. The van der Waals surface area contributed by atoms with Crippen molar-refractivity contribution in [1.82, 2.24) is 9.78 Å². The molecule has 0 amide bonds. The van der Waals surface area contributed by atoms with E-state index in [1.807, 2.05) is 6.07 Å². The van der Waals surface area contributed by atoms with Gasteiger partial charge in [-0.05, 0) is 54.1 Å². The number of aromatic nitrogens is 2. The highest BCUT2D eigenvalue weighted by Gasteiger charge is 2.55. The lowest BCUT2D eigenvalue weighted by Gasteiger charge is -2.30. The highest BCUT2D eigenvalue weighted by molar-refractivity contribution is 7.99. The van der Waals surface area contributed by atoms with Crippen molar-refractivity contribution in [2.45, 2.75) is 23.0 Å². The zero-order valence-corrected chi connectivity index (χ0v) is 18.0. The van der Waals surface area contributed by atoms with Gasteiger partial charge in [-0.2, -0.15) is 18.3 Å². The van der Waals surface area contributed by atoms with Gasteiger partial charge in [0.1, 0.15) is 5.75 Å². The molecule has 0 spiro atoms. The third kappa shape index (κ3) is 5.00. The van der Waals surface area contributed by atoms with E-state index in [0.29, 0.717) is 22.7 Å². The number of alkyl halides is 6. The predicted octanol–water partition coefficient (Wildman–Crippen LogP) is 6.47. The first kappa shape index (κ1) is 24.0. The van der Waals surface area contributed by atoms with Crippen molar-refractivity contribution < 1.29 is 36.2 Å². The Morgan fingerprint density at radius 2 is 1.56 bits per heavy atom. The largest absolute Gasteiger partial charge is 0.573 e. The minimum Gasteiger partial charge on any atom is -0.406 e. The van der Waals surface area contributed by atoms with Gasteiger partial charge in [0.15, 0.2) is 5.60 Å². The second kappa shape index (κ2) is 8.88. The minimum atomic E-state index is -5.01. The summed E-state index contributed by atoms with van der Waals surface area (Å²) < 4.78 is 84.1. The van der Waals surface area contributed by atoms with E-state index >= 15 is 0 Å². The van der Waals surface area contributed by atoms with Gasteiger partial charge in [-0.1, -0.05) is 24.3 Å². The van der Waals surface area contributed by atoms with Crippen LogP contribution in [0, 0.1) is 0 Å². The van der Waals surface area contributed by atoms with Crippen molar-refractivity contribution in [3.63, 3.8) is 0 Å². The number of fused-ring (bicyclic) bond motifs is 1. The van der Waals surface area contributed by atoms with E-state index in [0.717, 1.165) is 17.8 Å². The van der Waals surface area contributed by atoms with E-state index in [2.05, 4.69) is 9.84 Å². The van der Waals surface area contributed by atoms with Crippen LogP contribution in [-0.4, -0.2) is 33.2 Å². The number of nitrogens with zero attached hydrogens (tertiary/aromatic N) is 2. The van der Waals surface area contributed by atoms with Gasteiger partial charge < -0.3 is 9.84 Å². The van der Waals surface area contributed by atoms with Crippen molar-refractivity contribution in [3.8, 4) is 11.4 Å². The van der Waals surface area contributed by atoms with Crippen molar-refractivity contribution in [3.05, 3.63) is 84.6 Å². The van der Waals surface area contributed by atoms with E-state index in [-0.39, 0.29) is 10.5 Å². The first-order chi connectivity index (χ1) is 16.0. The van der Waals surface area contributed by atoms with Gasteiger partial charge in [-0.3, -0.25) is 0 Å². The summed E-state index contributed by atoms with van der Waals surface area (Å²) in [5, 5.41) is 15.4. The van der Waals surface area contributed by atoms with Crippen LogP contribution in [0.3, 0.4) is 0 Å². The van der Waals surface area contributed by atoms with Crippen LogP contribution in [0.5, 0.6) is 5.75 Å². The maximum Gasteiger partial charge on any atom is 0.573 e.